The first kappa shape index (κ1) is 20.6. The molecule has 0 radical (unpaired) electrons. The summed E-state index contributed by atoms with van der Waals surface area (Å²) in [6.07, 6.45) is -0.630. The number of esters is 1. The summed E-state index contributed by atoms with van der Waals surface area (Å²) in [4.78, 5) is 25.4. The van der Waals surface area contributed by atoms with Gasteiger partial charge in [-0.3, -0.25) is 4.79 Å². The van der Waals surface area contributed by atoms with E-state index in [1.807, 2.05) is 0 Å². The lowest BCUT2D eigenvalue weighted by Gasteiger charge is -2.16. The maximum Gasteiger partial charge on any atom is 0.410 e. The number of amides is 1. The lowest BCUT2D eigenvalue weighted by molar-refractivity contribution is -0.138. The largest absolute Gasteiger partial charge is 0.445 e. The van der Waals surface area contributed by atoms with Crippen molar-refractivity contribution in [3.05, 3.63) is 65.0 Å². The molecule has 29 heavy (non-hydrogen) atoms. The lowest BCUT2D eigenvalue weighted by Crippen LogP contribution is -2.31. The fraction of sp³-hybridized carbons (Fsp3) is 0.263. The smallest absolute Gasteiger partial charge is 0.410 e. The van der Waals surface area contributed by atoms with Crippen molar-refractivity contribution in [2.75, 3.05) is 13.1 Å². The Balaban J connectivity index is 1.60. The first-order valence-electron chi connectivity index (χ1n) is 8.48. The minimum atomic E-state index is -2.35. The molecule has 1 aliphatic heterocycles. The Morgan fingerprint density at radius 1 is 0.931 bits per heavy atom. The SMILES string of the molecule is O=C(Oc1c(F)c(F)c(F)c(F)c1F)[C@@H]1CCN(C(=O)OCc2ccccc2)C1. The average Bonchev–Trinajstić information content (AvgIpc) is 3.23. The van der Waals surface area contributed by atoms with Crippen LogP contribution in [0.1, 0.15) is 12.0 Å². The molecule has 1 heterocycles. The van der Waals surface area contributed by atoms with Crippen molar-refractivity contribution < 1.29 is 41.0 Å². The van der Waals surface area contributed by atoms with E-state index >= 15 is 0 Å². The van der Waals surface area contributed by atoms with Gasteiger partial charge in [-0.15, -0.1) is 0 Å². The average molecular weight is 415 g/mol. The fourth-order valence-corrected chi connectivity index (χ4v) is 2.79. The van der Waals surface area contributed by atoms with E-state index in [0.29, 0.717) is 0 Å². The number of carbonyl (C=O) groups is 2. The third-order valence-corrected chi connectivity index (χ3v) is 4.36. The standard InChI is InChI=1S/C19H14F5NO4/c20-12-13(21)15(23)17(16(24)14(12)22)29-18(26)11-6-7-25(8-11)19(27)28-9-10-4-2-1-3-5-10/h1-5,11H,6-9H2/t11-/m1/s1. The number of halogens is 5. The molecule has 0 bridgehead atoms. The number of nitrogens with zero attached hydrogens (tertiary/aromatic N) is 1. The number of benzene rings is 2. The summed E-state index contributed by atoms with van der Waals surface area (Å²) in [5.74, 6) is -15.2. The molecule has 0 unspecified atom stereocenters. The molecule has 1 atom stereocenters. The molecule has 0 aliphatic carbocycles. The quantitative estimate of drug-likeness (QED) is 0.250. The van der Waals surface area contributed by atoms with E-state index in [1.54, 1.807) is 30.3 Å². The highest BCUT2D eigenvalue weighted by atomic mass is 19.2. The summed E-state index contributed by atoms with van der Waals surface area (Å²) in [5, 5.41) is 0. The molecule has 5 nitrogen and oxygen atoms in total. The van der Waals surface area contributed by atoms with Gasteiger partial charge in [0.25, 0.3) is 0 Å². The minimum Gasteiger partial charge on any atom is -0.445 e. The third kappa shape index (κ3) is 4.30. The Morgan fingerprint density at radius 3 is 2.14 bits per heavy atom. The van der Waals surface area contributed by atoms with Crippen LogP contribution in [0.25, 0.3) is 0 Å². The number of hydrogen-bond acceptors (Lipinski definition) is 4. The highest BCUT2D eigenvalue weighted by Gasteiger charge is 2.35. The summed E-state index contributed by atoms with van der Waals surface area (Å²) in [6, 6.07) is 8.84. The second kappa shape index (κ2) is 8.46. The zero-order chi connectivity index (χ0) is 21.1. The van der Waals surface area contributed by atoms with Gasteiger partial charge in [0.2, 0.25) is 34.8 Å². The van der Waals surface area contributed by atoms with E-state index in [1.165, 1.54) is 4.90 Å². The van der Waals surface area contributed by atoms with Gasteiger partial charge in [-0.1, -0.05) is 30.3 Å². The first-order valence-corrected chi connectivity index (χ1v) is 8.48. The van der Waals surface area contributed by atoms with Gasteiger partial charge >= 0.3 is 12.1 Å². The number of likely N-dealkylation sites (tertiary alicyclic amines) is 1. The van der Waals surface area contributed by atoms with Crippen LogP contribution in [0.5, 0.6) is 5.75 Å². The van der Waals surface area contributed by atoms with Crippen LogP contribution >= 0.6 is 0 Å². The molecule has 1 fully saturated rings. The van der Waals surface area contributed by atoms with Gasteiger partial charge < -0.3 is 14.4 Å². The molecule has 1 saturated heterocycles. The van der Waals surface area contributed by atoms with Crippen molar-refractivity contribution >= 4 is 12.1 Å². The molecule has 0 saturated carbocycles. The number of ether oxygens (including phenoxy) is 2. The summed E-state index contributed by atoms with van der Waals surface area (Å²) in [6.45, 7) is -0.0673. The normalized spacial score (nSPS) is 16.0. The van der Waals surface area contributed by atoms with Gasteiger partial charge in [-0.05, 0) is 12.0 Å². The van der Waals surface area contributed by atoms with Crippen LogP contribution in [0.3, 0.4) is 0 Å². The van der Waals surface area contributed by atoms with E-state index in [0.717, 1.165) is 5.56 Å². The predicted molar refractivity (Wildman–Crippen MR) is 88.2 cm³/mol. The van der Waals surface area contributed by atoms with Crippen molar-refractivity contribution in [3.8, 4) is 5.75 Å². The Morgan fingerprint density at radius 2 is 1.52 bits per heavy atom. The summed E-state index contributed by atoms with van der Waals surface area (Å²) in [7, 11) is 0. The van der Waals surface area contributed by atoms with Crippen LogP contribution in [0, 0.1) is 35.0 Å². The molecule has 0 N–H and O–H groups in total. The van der Waals surface area contributed by atoms with Gasteiger partial charge in [0.1, 0.15) is 6.61 Å². The minimum absolute atomic E-state index is 0.00976. The van der Waals surface area contributed by atoms with Crippen molar-refractivity contribution in [2.24, 2.45) is 5.92 Å². The van der Waals surface area contributed by atoms with Gasteiger partial charge in [-0.25, -0.2) is 18.0 Å². The van der Waals surface area contributed by atoms with E-state index in [4.69, 9.17) is 4.74 Å². The summed E-state index contributed by atoms with van der Waals surface area (Å²) >= 11 is 0. The van der Waals surface area contributed by atoms with Crippen LogP contribution in [0.4, 0.5) is 26.7 Å². The zero-order valence-electron chi connectivity index (χ0n) is 14.8. The molecule has 10 heteroatoms. The summed E-state index contributed by atoms with van der Waals surface area (Å²) < 4.78 is 76.2. The van der Waals surface area contributed by atoms with E-state index in [-0.39, 0.29) is 26.1 Å². The van der Waals surface area contributed by atoms with E-state index in [2.05, 4.69) is 4.74 Å². The van der Waals surface area contributed by atoms with Crippen molar-refractivity contribution in [1.29, 1.82) is 0 Å². The topological polar surface area (TPSA) is 55.8 Å². The molecular weight excluding hydrogens is 401 g/mol. The second-order valence-electron chi connectivity index (χ2n) is 6.29. The Labute approximate surface area is 161 Å². The molecule has 0 aromatic heterocycles. The molecule has 2 aromatic rings. The Hall–Kier alpha value is -3.17. The second-order valence-corrected chi connectivity index (χ2v) is 6.29. The monoisotopic (exact) mass is 415 g/mol. The summed E-state index contributed by atoms with van der Waals surface area (Å²) in [5.41, 5.74) is 0.752. The lowest BCUT2D eigenvalue weighted by atomic mass is 10.1. The zero-order valence-corrected chi connectivity index (χ0v) is 14.8. The van der Waals surface area contributed by atoms with Crippen LogP contribution < -0.4 is 4.74 Å². The predicted octanol–water partition coefficient (Wildman–Crippen LogP) is 3.95. The number of rotatable bonds is 4. The highest BCUT2D eigenvalue weighted by Crippen LogP contribution is 2.30. The fourth-order valence-electron chi connectivity index (χ4n) is 2.79. The van der Waals surface area contributed by atoms with Crippen LogP contribution in [-0.2, 0) is 16.1 Å². The van der Waals surface area contributed by atoms with Gasteiger partial charge in [0.05, 0.1) is 5.92 Å². The maximum absolute atomic E-state index is 13.6. The van der Waals surface area contributed by atoms with Crippen molar-refractivity contribution in [1.82, 2.24) is 4.90 Å². The number of carbonyl (C=O) groups excluding carboxylic acids is 2. The van der Waals surface area contributed by atoms with Gasteiger partial charge in [0.15, 0.2) is 0 Å². The van der Waals surface area contributed by atoms with Crippen molar-refractivity contribution in [3.63, 3.8) is 0 Å². The van der Waals surface area contributed by atoms with E-state index in [9.17, 15) is 31.5 Å². The number of hydrogen-bond donors (Lipinski definition) is 0. The Kier molecular flexibility index (Phi) is 6.00. The van der Waals surface area contributed by atoms with Crippen LogP contribution in [-0.4, -0.2) is 30.1 Å². The molecule has 1 aliphatic rings. The molecular formula is C19H14F5NO4. The molecule has 0 spiro atoms. The Bertz CT molecular complexity index is 909. The van der Waals surface area contributed by atoms with E-state index < -0.39 is 52.8 Å². The molecule has 2 aromatic carbocycles. The van der Waals surface area contributed by atoms with Crippen LogP contribution in [0.2, 0.25) is 0 Å². The highest BCUT2D eigenvalue weighted by molar-refractivity contribution is 5.77. The first-order chi connectivity index (χ1) is 13.8. The van der Waals surface area contributed by atoms with Crippen LogP contribution in [0.15, 0.2) is 30.3 Å². The third-order valence-electron chi connectivity index (χ3n) is 4.36. The van der Waals surface area contributed by atoms with Crippen molar-refractivity contribution in [2.45, 2.75) is 13.0 Å². The molecule has 3 rings (SSSR count). The molecule has 1 amide bonds. The van der Waals surface area contributed by atoms with Gasteiger partial charge in [0, 0.05) is 13.1 Å². The van der Waals surface area contributed by atoms with Gasteiger partial charge in [-0.2, -0.15) is 8.78 Å². The molecule has 154 valence electrons. The maximum atomic E-state index is 13.6.